The molecule has 1 N–H and O–H groups in total. The molecular weight excluding hydrogens is 230 g/mol. The molecule has 0 spiro atoms. The number of nitrogens with zero attached hydrogens (tertiary/aromatic N) is 2. The molecule has 2 aromatic rings. The van der Waals surface area contributed by atoms with Crippen LogP contribution in [0.1, 0.15) is 5.89 Å². The Morgan fingerprint density at radius 1 is 1.44 bits per heavy atom. The summed E-state index contributed by atoms with van der Waals surface area (Å²) in [6.45, 7) is 1.68. The topological polar surface area (TPSA) is 50.5 Å². The molecule has 0 amide bonds. The molecule has 3 rings (SSSR count). The molecule has 18 heavy (non-hydrogen) atoms. The highest BCUT2D eigenvalue weighted by atomic mass is 16.5. The summed E-state index contributed by atoms with van der Waals surface area (Å²) in [7, 11) is 3.69. The summed E-state index contributed by atoms with van der Waals surface area (Å²) in [4.78, 5) is 6.66. The zero-order chi connectivity index (χ0) is 12.5. The largest absolute Gasteiger partial charge is 0.497 e. The molecule has 5 heteroatoms. The number of oxazole rings is 1. The van der Waals surface area contributed by atoms with Gasteiger partial charge in [0.05, 0.1) is 13.8 Å². The third-order valence-corrected chi connectivity index (χ3v) is 2.95. The second-order valence-electron chi connectivity index (χ2n) is 4.40. The van der Waals surface area contributed by atoms with Crippen LogP contribution in [0.25, 0.3) is 16.7 Å². The molecule has 2 heterocycles. The van der Waals surface area contributed by atoms with E-state index in [2.05, 4.69) is 15.2 Å². The van der Waals surface area contributed by atoms with Crippen molar-refractivity contribution in [3.63, 3.8) is 0 Å². The molecule has 0 saturated carbocycles. The molecular formula is C13H15N3O2. The number of methoxy groups -OCH3 is 1. The second kappa shape index (κ2) is 4.34. The van der Waals surface area contributed by atoms with E-state index in [1.807, 2.05) is 31.4 Å². The number of nitrogens with one attached hydrogen (secondary N) is 1. The van der Waals surface area contributed by atoms with Gasteiger partial charge in [0.1, 0.15) is 11.3 Å². The van der Waals surface area contributed by atoms with Crippen LogP contribution in [0, 0.1) is 0 Å². The van der Waals surface area contributed by atoms with Gasteiger partial charge in [-0.05, 0) is 19.2 Å². The lowest BCUT2D eigenvalue weighted by Gasteiger charge is -2.22. The van der Waals surface area contributed by atoms with E-state index >= 15 is 0 Å². The number of rotatable bonds is 2. The third-order valence-electron chi connectivity index (χ3n) is 2.95. The van der Waals surface area contributed by atoms with Gasteiger partial charge >= 0.3 is 0 Å². The normalized spacial score (nSPS) is 16.4. The average molecular weight is 245 g/mol. The van der Waals surface area contributed by atoms with Gasteiger partial charge in [-0.1, -0.05) is 0 Å². The number of fused-ring (bicyclic) bond motifs is 1. The van der Waals surface area contributed by atoms with Gasteiger partial charge in [-0.25, -0.2) is 4.98 Å². The van der Waals surface area contributed by atoms with Gasteiger partial charge in [0, 0.05) is 24.4 Å². The molecule has 1 aliphatic rings. The van der Waals surface area contributed by atoms with Crippen LogP contribution in [0.15, 0.2) is 28.8 Å². The Bertz CT molecular complexity index is 603. The maximum Gasteiger partial charge on any atom is 0.226 e. The fourth-order valence-electron chi connectivity index (χ4n) is 2.02. The zero-order valence-corrected chi connectivity index (χ0v) is 10.4. The maximum absolute atomic E-state index is 5.75. The highest BCUT2D eigenvalue weighted by Gasteiger charge is 2.15. The minimum absolute atomic E-state index is 0.664. The van der Waals surface area contributed by atoms with E-state index in [1.54, 1.807) is 7.11 Å². The molecule has 1 aromatic carbocycles. The SMILES string of the molecule is COc1ccc2oc(C3=CNCN(C)C3)nc2c1. The van der Waals surface area contributed by atoms with E-state index < -0.39 is 0 Å². The monoisotopic (exact) mass is 245 g/mol. The first-order chi connectivity index (χ1) is 8.76. The summed E-state index contributed by atoms with van der Waals surface area (Å²) in [6.07, 6.45) is 1.96. The fourth-order valence-corrected chi connectivity index (χ4v) is 2.02. The summed E-state index contributed by atoms with van der Waals surface area (Å²) in [5, 5.41) is 3.19. The molecule has 5 nitrogen and oxygen atoms in total. The molecule has 0 aliphatic carbocycles. The molecule has 0 unspecified atom stereocenters. The lowest BCUT2D eigenvalue weighted by molar-refractivity contribution is 0.345. The van der Waals surface area contributed by atoms with E-state index in [0.717, 1.165) is 35.6 Å². The summed E-state index contributed by atoms with van der Waals surface area (Å²) in [5.41, 5.74) is 2.65. The van der Waals surface area contributed by atoms with Gasteiger partial charge in [-0.2, -0.15) is 0 Å². The average Bonchev–Trinajstić information content (AvgIpc) is 2.81. The molecule has 1 aliphatic heterocycles. The maximum atomic E-state index is 5.75. The van der Waals surface area contributed by atoms with E-state index in [9.17, 15) is 0 Å². The van der Waals surface area contributed by atoms with Gasteiger partial charge in [-0.3, -0.25) is 4.90 Å². The smallest absolute Gasteiger partial charge is 0.226 e. The van der Waals surface area contributed by atoms with Crippen molar-refractivity contribution >= 4 is 16.7 Å². The van der Waals surface area contributed by atoms with E-state index in [-0.39, 0.29) is 0 Å². The van der Waals surface area contributed by atoms with Crippen molar-refractivity contribution in [3.05, 3.63) is 30.3 Å². The summed E-state index contributed by atoms with van der Waals surface area (Å²) < 4.78 is 10.9. The number of aromatic nitrogens is 1. The van der Waals surface area contributed by atoms with Gasteiger partial charge < -0.3 is 14.5 Å². The van der Waals surface area contributed by atoms with Crippen LogP contribution in [0.5, 0.6) is 5.75 Å². The number of likely N-dealkylation sites (N-methyl/N-ethyl adjacent to an activating group) is 1. The number of hydrogen-bond donors (Lipinski definition) is 1. The van der Waals surface area contributed by atoms with Crippen molar-refractivity contribution in [2.24, 2.45) is 0 Å². The van der Waals surface area contributed by atoms with Crippen molar-refractivity contribution in [2.45, 2.75) is 0 Å². The molecule has 0 bridgehead atoms. The third kappa shape index (κ3) is 1.93. The standard InChI is InChI=1S/C13H15N3O2/c1-16-7-9(6-14-8-16)13-15-11-5-10(17-2)3-4-12(11)18-13/h3-6,14H,7-8H2,1-2H3. The number of hydrogen-bond acceptors (Lipinski definition) is 5. The summed E-state index contributed by atoms with van der Waals surface area (Å²) >= 11 is 0. The Kier molecular flexibility index (Phi) is 2.68. The lowest BCUT2D eigenvalue weighted by Crippen LogP contribution is -2.34. The Morgan fingerprint density at radius 2 is 2.33 bits per heavy atom. The van der Waals surface area contributed by atoms with E-state index in [0.29, 0.717) is 5.89 Å². The second-order valence-corrected chi connectivity index (χ2v) is 4.40. The zero-order valence-electron chi connectivity index (χ0n) is 10.4. The molecule has 0 fully saturated rings. The van der Waals surface area contributed by atoms with Gasteiger partial charge in [0.25, 0.3) is 0 Å². The van der Waals surface area contributed by atoms with Crippen molar-refractivity contribution in [3.8, 4) is 5.75 Å². The van der Waals surface area contributed by atoms with Gasteiger partial charge in [0.2, 0.25) is 5.89 Å². The highest BCUT2D eigenvalue weighted by molar-refractivity contribution is 5.77. The van der Waals surface area contributed by atoms with Crippen molar-refractivity contribution in [2.75, 3.05) is 27.4 Å². The quantitative estimate of drug-likeness (QED) is 0.872. The van der Waals surface area contributed by atoms with Crippen LogP contribution in [-0.4, -0.2) is 37.3 Å². The Balaban J connectivity index is 2.00. The number of ether oxygens (including phenoxy) is 1. The van der Waals surface area contributed by atoms with Gasteiger partial charge in [-0.15, -0.1) is 0 Å². The fraction of sp³-hybridized carbons (Fsp3) is 0.308. The molecule has 94 valence electrons. The van der Waals surface area contributed by atoms with Crippen molar-refractivity contribution in [1.82, 2.24) is 15.2 Å². The highest BCUT2D eigenvalue weighted by Crippen LogP contribution is 2.25. The Hall–Kier alpha value is -2.01. The van der Waals surface area contributed by atoms with Crippen LogP contribution in [0.4, 0.5) is 0 Å². The summed E-state index contributed by atoms with van der Waals surface area (Å²) in [5.74, 6) is 1.45. The van der Waals surface area contributed by atoms with Gasteiger partial charge in [0.15, 0.2) is 5.58 Å². The molecule has 0 atom stereocenters. The van der Waals surface area contributed by atoms with Crippen LogP contribution in [0.2, 0.25) is 0 Å². The molecule has 0 radical (unpaired) electrons. The Morgan fingerprint density at radius 3 is 3.11 bits per heavy atom. The number of benzene rings is 1. The minimum Gasteiger partial charge on any atom is -0.497 e. The van der Waals surface area contributed by atoms with Crippen LogP contribution >= 0.6 is 0 Å². The van der Waals surface area contributed by atoms with Crippen molar-refractivity contribution < 1.29 is 9.15 Å². The van der Waals surface area contributed by atoms with E-state index in [4.69, 9.17) is 9.15 Å². The van der Waals surface area contributed by atoms with E-state index in [1.165, 1.54) is 0 Å². The summed E-state index contributed by atoms with van der Waals surface area (Å²) in [6, 6.07) is 5.63. The molecule has 1 aromatic heterocycles. The predicted molar refractivity (Wildman–Crippen MR) is 69.2 cm³/mol. The first-order valence-corrected chi connectivity index (χ1v) is 5.82. The van der Waals surface area contributed by atoms with Crippen LogP contribution in [0.3, 0.4) is 0 Å². The first kappa shape index (κ1) is 11.1. The van der Waals surface area contributed by atoms with Crippen LogP contribution < -0.4 is 10.1 Å². The van der Waals surface area contributed by atoms with Crippen molar-refractivity contribution in [1.29, 1.82) is 0 Å². The predicted octanol–water partition coefficient (Wildman–Crippen LogP) is 1.67. The minimum atomic E-state index is 0.664. The first-order valence-electron chi connectivity index (χ1n) is 5.82. The van der Waals surface area contributed by atoms with Crippen LogP contribution in [-0.2, 0) is 0 Å². The lowest BCUT2D eigenvalue weighted by atomic mass is 10.2. The molecule has 0 saturated heterocycles. The Labute approximate surface area is 105 Å².